The molecule has 5 nitrogen and oxygen atoms in total. The Hall–Kier alpha value is -2.69. The van der Waals surface area contributed by atoms with Crippen molar-refractivity contribution in [3.63, 3.8) is 0 Å². The van der Waals surface area contributed by atoms with E-state index < -0.39 is 0 Å². The van der Waals surface area contributed by atoms with Gasteiger partial charge in [-0.3, -0.25) is 19.3 Å². The van der Waals surface area contributed by atoms with Crippen LogP contribution in [-0.4, -0.2) is 35.2 Å². The number of carbonyl (C=O) groups is 3. The molecule has 1 atom stereocenters. The Morgan fingerprint density at radius 3 is 2.12 bits per heavy atom. The van der Waals surface area contributed by atoms with Gasteiger partial charge in [0.05, 0.1) is 0 Å². The van der Waals surface area contributed by atoms with Gasteiger partial charge in [-0.1, -0.05) is 38.1 Å². The maximum absolute atomic E-state index is 12.8. The summed E-state index contributed by atoms with van der Waals surface area (Å²) in [4.78, 5) is 38.8. The van der Waals surface area contributed by atoms with Crippen molar-refractivity contribution >= 4 is 28.5 Å². The minimum absolute atomic E-state index is 0.0504. The quantitative estimate of drug-likeness (QED) is 0.811. The molecule has 5 heteroatoms. The first-order chi connectivity index (χ1) is 12.4. The Labute approximate surface area is 153 Å². The van der Waals surface area contributed by atoms with Gasteiger partial charge >= 0.3 is 0 Å². The zero-order chi connectivity index (χ0) is 18.8. The molecule has 0 saturated carbocycles. The number of nitrogens with one attached hydrogen (secondary N) is 1. The summed E-state index contributed by atoms with van der Waals surface area (Å²) in [6, 6.07) is 11.1. The van der Waals surface area contributed by atoms with E-state index in [1.807, 2.05) is 45.0 Å². The van der Waals surface area contributed by atoms with Crippen molar-refractivity contribution in [2.24, 2.45) is 5.92 Å². The number of carbonyl (C=O) groups excluding carboxylic acids is 3. The molecule has 3 amide bonds. The fourth-order valence-corrected chi connectivity index (χ4v) is 3.17. The zero-order valence-corrected chi connectivity index (χ0v) is 15.4. The van der Waals surface area contributed by atoms with Crippen LogP contribution in [0.1, 0.15) is 54.3 Å². The molecule has 2 aromatic carbocycles. The molecule has 1 aliphatic heterocycles. The predicted molar refractivity (Wildman–Crippen MR) is 101 cm³/mol. The van der Waals surface area contributed by atoms with Gasteiger partial charge in [0.1, 0.15) is 0 Å². The van der Waals surface area contributed by atoms with Gasteiger partial charge in [0, 0.05) is 35.5 Å². The zero-order valence-electron chi connectivity index (χ0n) is 15.4. The van der Waals surface area contributed by atoms with Crippen LogP contribution < -0.4 is 5.32 Å². The van der Waals surface area contributed by atoms with E-state index in [-0.39, 0.29) is 30.3 Å². The number of amides is 3. The van der Waals surface area contributed by atoms with Crippen LogP contribution in [0.2, 0.25) is 0 Å². The largest absolute Gasteiger partial charge is 0.353 e. The van der Waals surface area contributed by atoms with Crippen LogP contribution in [0, 0.1) is 5.92 Å². The van der Waals surface area contributed by atoms with Gasteiger partial charge in [-0.15, -0.1) is 0 Å². The van der Waals surface area contributed by atoms with Crippen molar-refractivity contribution in [3.8, 4) is 0 Å². The number of nitrogens with zero attached hydrogens (tertiary/aromatic N) is 1. The molecule has 1 N–H and O–H groups in total. The second kappa shape index (κ2) is 7.28. The first kappa shape index (κ1) is 18.1. The van der Waals surface area contributed by atoms with Crippen molar-refractivity contribution in [2.45, 2.75) is 39.7 Å². The lowest BCUT2D eigenvalue weighted by atomic mass is 9.94. The number of benzene rings is 2. The molecule has 0 aromatic heterocycles. The van der Waals surface area contributed by atoms with E-state index >= 15 is 0 Å². The van der Waals surface area contributed by atoms with E-state index in [1.165, 1.54) is 4.90 Å². The molecule has 1 unspecified atom stereocenters. The summed E-state index contributed by atoms with van der Waals surface area (Å²) in [6.07, 6.45) is 0.742. The molecule has 0 fully saturated rings. The van der Waals surface area contributed by atoms with Crippen molar-refractivity contribution < 1.29 is 14.4 Å². The molecular weight excluding hydrogens is 328 g/mol. The van der Waals surface area contributed by atoms with Crippen LogP contribution in [0.4, 0.5) is 0 Å². The molecule has 1 heterocycles. The third-order valence-corrected chi connectivity index (χ3v) is 5.03. The van der Waals surface area contributed by atoms with Crippen LogP contribution in [0.25, 0.3) is 10.8 Å². The molecule has 3 rings (SSSR count). The van der Waals surface area contributed by atoms with Crippen molar-refractivity contribution in [2.75, 3.05) is 6.54 Å². The Balaban J connectivity index is 1.70. The fourth-order valence-electron chi connectivity index (χ4n) is 3.17. The predicted octanol–water partition coefficient (Wildman–Crippen LogP) is 3.38. The highest BCUT2D eigenvalue weighted by Crippen LogP contribution is 2.29. The Morgan fingerprint density at radius 2 is 1.58 bits per heavy atom. The second-order valence-corrected chi connectivity index (χ2v) is 7.17. The lowest BCUT2D eigenvalue weighted by molar-refractivity contribution is -0.122. The first-order valence-electron chi connectivity index (χ1n) is 9.07. The highest BCUT2D eigenvalue weighted by molar-refractivity contribution is 6.25. The molecule has 0 radical (unpaired) electrons. The lowest BCUT2D eigenvalue weighted by Gasteiger charge is -2.27. The normalized spacial score (nSPS) is 14.8. The maximum atomic E-state index is 12.8. The van der Waals surface area contributed by atoms with Crippen molar-refractivity contribution in [1.82, 2.24) is 10.2 Å². The Kier molecular flexibility index (Phi) is 5.07. The number of hydrogen-bond acceptors (Lipinski definition) is 3. The third kappa shape index (κ3) is 3.34. The van der Waals surface area contributed by atoms with Gasteiger partial charge < -0.3 is 5.32 Å². The molecule has 2 aromatic rings. The topological polar surface area (TPSA) is 66.5 Å². The molecule has 0 saturated heterocycles. The Morgan fingerprint density at radius 1 is 1.00 bits per heavy atom. The van der Waals surface area contributed by atoms with Gasteiger partial charge in [-0.2, -0.15) is 0 Å². The van der Waals surface area contributed by atoms with Crippen LogP contribution in [0.5, 0.6) is 0 Å². The molecule has 1 aliphatic rings. The number of rotatable bonds is 6. The highest BCUT2D eigenvalue weighted by Gasteiger charge is 2.32. The van der Waals surface area contributed by atoms with Gasteiger partial charge in [-0.05, 0) is 36.8 Å². The summed E-state index contributed by atoms with van der Waals surface area (Å²) < 4.78 is 0. The molecule has 0 aliphatic carbocycles. The summed E-state index contributed by atoms with van der Waals surface area (Å²) >= 11 is 0. The van der Waals surface area contributed by atoms with Crippen LogP contribution >= 0.6 is 0 Å². The van der Waals surface area contributed by atoms with Gasteiger partial charge in [0.25, 0.3) is 11.8 Å². The summed E-state index contributed by atoms with van der Waals surface area (Å²) in [5.41, 5.74) is 1.10. The number of imide groups is 1. The highest BCUT2D eigenvalue weighted by atomic mass is 16.2. The maximum Gasteiger partial charge on any atom is 0.261 e. The molecule has 0 bridgehead atoms. The molecule has 0 spiro atoms. The standard InChI is InChI=1S/C21H24N2O3/c1-13(2)14(3)22-18(24)11-6-12-23-20(25)16-9-4-7-15-8-5-10-17(19(15)16)21(23)26/h4-5,7-10,13-14H,6,11-12H2,1-3H3,(H,22,24). The van der Waals surface area contributed by atoms with E-state index in [9.17, 15) is 14.4 Å². The van der Waals surface area contributed by atoms with Gasteiger partial charge in [0.15, 0.2) is 0 Å². The molecule has 136 valence electrons. The van der Waals surface area contributed by atoms with E-state index in [1.54, 1.807) is 12.1 Å². The molecule has 26 heavy (non-hydrogen) atoms. The fraction of sp³-hybridized carbons (Fsp3) is 0.381. The average Bonchev–Trinajstić information content (AvgIpc) is 2.62. The van der Waals surface area contributed by atoms with Crippen molar-refractivity contribution in [1.29, 1.82) is 0 Å². The van der Waals surface area contributed by atoms with E-state index in [2.05, 4.69) is 5.32 Å². The van der Waals surface area contributed by atoms with Crippen molar-refractivity contribution in [3.05, 3.63) is 47.5 Å². The monoisotopic (exact) mass is 352 g/mol. The Bertz CT molecular complexity index is 822. The second-order valence-electron chi connectivity index (χ2n) is 7.17. The third-order valence-electron chi connectivity index (χ3n) is 5.03. The lowest BCUT2D eigenvalue weighted by Crippen LogP contribution is -2.41. The van der Waals surface area contributed by atoms with Gasteiger partial charge in [-0.25, -0.2) is 0 Å². The minimum atomic E-state index is -0.282. The minimum Gasteiger partial charge on any atom is -0.353 e. The molecular formula is C21H24N2O3. The van der Waals surface area contributed by atoms with E-state index in [0.717, 1.165) is 10.8 Å². The summed E-state index contributed by atoms with van der Waals surface area (Å²) in [7, 11) is 0. The van der Waals surface area contributed by atoms with E-state index in [4.69, 9.17) is 0 Å². The SMILES string of the molecule is CC(C)C(C)NC(=O)CCCN1C(=O)c2cccc3cccc(c23)C1=O. The van der Waals surface area contributed by atoms with Crippen LogP contribution in [0.3, 0.4) is 0 Å². The summed E-state index contributed by atoms with van der Waals surface area (Å²) in [5.74, 6) is -0.252. The summed E-state index contributed by atoms with van der Waals surface area (Å²) in [5, 5.41) is 4.56. The van der Waals surface area contributed by atoms with Gasteiger partial charge in [0.2, 0.25) is 5.91 Å². The average molecular weight is 352 g/mol. The first-order valence-corrected chi connectivity index (χ1v) is 9.07. The van der Waals surface area contributed by atoms with Crippen LogP contribution in [-0.2, 0) is 4.79 Å². The summed E-state index contributed by atoms with van der Waals surface area (Å²) in [6.45, 7) is 6.31. The van der Waals surface area contributed by atoms with E-state index in [0.29, 0.717) is 29.9 Å². The number of hydrogen-bond donors (Lipinski definition) is 1. The smallest absolute Gasteiger partial charge is 0.261 e. The van der Waals surface area contributed by atoms with Crippen LogP contribution in [0.15, 0.2) is 36.4 Å².